The van der Waals surface area contributed by atoms with E-state index in [0.717, 1.165) is 18.8 Å². The van der Waals surface area contributed by atoms with Gasteiger partial charge in [-0.15, -0.1) is 0 Å². The summed E-state index contributed by atoms with van der Waals surface area (Å²) in [7, 11) is 1.94. The SMILES string of the molecule is Cn1ncnc1CC(C)(C)CNC(C)(C)C. The highest BCUT2D eigenvalue weighted by Gasteiger charge is 2.23. The summed E-state index contributed by atoms with van der Waals surface area (Å²) < 4.78 is 1.85. The van der Waals surface area contributed by atoms with E-state index in [2.05, 4.69) is 50.0 Å². The zero-order chi connectivity index (χ0) is 12.4. The fourth-order valence-electron chi connectivity index (χ4n) is 1.48. The highest BCUT2D eigenvalue weighted by molar-refractivity contribution is 4.91. The van der Waals surface area contributed by atoms with Gasteiger partial charge in [0.15, 0.2) is 0 Å². The molecule has 0 unspecified atom stereocenters. The first-order valence-corrected chi connectivity index (χ1v) is 5.78. The molecule has 0 aliphatic heterocycles. The Hall–Kier alpha value is -0.900. The summed E-state index contributed by atoms with van der Waals surface area (Å²) >= 11 is 0. The fraction of sp³-hybridized carbons (Fsp3) is 0.833. The minimum absolute atomic E-state index is 0.164. The average Bonchev–Trinajstić information content (AvgIpc) is 2.47. The van der Waals surface area contributed by atoms with Crippen molar-refractivity contribution in [3.8, 4) is 0 Å². The summed E-state index contributed by atoms with van der Waals surface area (Å²) in [4.78, 5) is 4.27. The average molecular weight is 224 g/mol. The normalized spacial score (nSPS) is 13.1. The molecule has 1 heterocycles. The van der Waals surface area contributed by atoms with Crippen LogP contribution in [-0.4, -0.2) is 26.8 Å². The first kappa shape index (κ1) is 13.2. The van der Waals surface area contributed by atoms with Gasteiger partial charge in [-0.2, -0.15) is 5.10 Å². The van der Waals surface area contributed by atoms with E-state index in [9.17, 15) is 0 Å². The Morgan fingerprint density at radius 2 is 1.88 bits per heavy atom. The zero-order valence-electron chi connectivity index (χ0n) is 11.3. The van der Waals surface area contributed by atoms with Gasteiger partial charge < -0.3 is 5.32 Å². The van der Waals surface area contributed by atoms with E-state index in [-0.39, 0.29) is 11.0 Å². The van der Waals surface area contributed by atoms with Gasteiger partial charge in [-0.1, -0.05) is 13.8 Å². The van der Waals surface area contributed by atoms with Crippen LogP contribution >= 0.6 is 0 Å². The lowest BCUT2D eigenvalue weighted by Gasteiger charge is -2.30. The number of rotatable bonds is 4. The second-order valence-electron chi connectivity index (χ2n) is 6.24. The third kappa shape index (κ3) is 4.31. The molecule has 0 saturated heterocycles. The van der Waals surface area contributed by atoms with Gasteiger partial charge in [-0.3, -0.25) is 4.68 Å². The van der Waals surface area contributed by atoms with E-state index in [1.54, 1.807) is 6.33 Å². The van der Waals surface area contributed by atoms with Crippen LogP contribution in [0, 0.1) is 5.41 Å². The summed E-state index contributed by atoms with van der Waals surface area (Å²) in [5.74, 6) is 1.04. The molecule has 16 heavy (non-hydrogen) atoms. The highest BCUT2D eigenvalue weighted by atomic mass is 15.3. The number of hydrogen-bond acceptors (Lipinski definition) is 3. The van der Waals surface area contributed by atoms with Crippen LogP contribution in [0.15, 0.2) is 6.33 Å². The summed E-state index contributed by atoms with van der Waals surface area (Å²) in [5.41, 5.74) is 0.352. The lowest BCUT2D eigenvalue weighted by molar-refractivity contribution is 0.282. The fourth-order valence-corrected chi connectivity index (χ4v) is 1.48. The molecule has 4 nitrogen and oxygen atoms in total. The summed E-state index contributed by atoms with van der Waals surface area (Å²) in [6.07, 6.45) is 2.55. The molecule has 0 fully saturated rings. The zero-order valence-corrected chi connectivity index (χ0v) is 11.3. The minimum Gasteiger partial charge on any atom is -0.312 e. The number of nitrogens with one attached hydrogen (secondary N) is 1. The first-order chi connectivity index (χ1) is 7.20. The van der Waals surface area contributed by atoms with Crippen molar-refractivity contribution in [1.82, 2.24) is 20.1 Å². The van der Waals surface area contributed by atoms with Gasteiger partial charge in [-0.25, -0.2) is 4.98 Å². The molecule has 0 bridgehead atoms. The highest BCUT2D eigenvalue weighted by Crippen LogP contribution is 2.20. The Bertz CT molecular complexity index is 333. The molecule has 0 saturated carbocycles. The quantitative estimate of drug-likeness (QED) is 0.847. The molecule has 0 atom stereocenters. The van der Waals surface area contributed by atoms with E-state index < -0.39 is 0 Å². The van der Waals surface area contributed by atoms with Crippen molar-refractivity contribution in [1.29, 1.82) is 0 Å². The number of nitrogens with zero attached hydrogens (tertiary/aromatic N) is 3. The van der Waals surface area contributed by atoms with Gasteiger partial charge in [0, 0.05) is 25.6 Å². The van der Waals surface area contributed by atoms with Gasteiger partial charge in [0.2, 0.25) is 0 Å². The Labute approximate surface area is 98.5 Å². The van der Waals surface area contributed by atoms with Gasteiger partial charge >= 0.3 is 0 Å². The van der Waals surface area contributed by atoms with Crippen LogP contribution in [0.25, 0.3) is 0 Å². The molecule has 1 N–H and O–H groups in total. The minimum atomic E-state index is 0.164. The summed E-state index contributed by atoms with van der Waals surface area (Å²) in [6.45, 7) is 12.0. The van der Waals surface area contributed by atoms with E-state index in [1.807, 2.05) is 11.7 Å². The van der Waals surface area contributed by atoms with Crippen molar-refractivity contribution in [2.75, 3.05) is 6.54 Å². The van der Waals surface area contributed by atoms with Crippen LogP contribution in [0.4, 0.5) is 0 Å². The van der Waals surface area contributed by atoms with Crippen molar-refractivity contribution in [3.05, 3.63) is 12.2 Å². The monoisotopic (exact) mass is 224 g/mol. The van der Waals surface area contributed by atoms with Crippen molar-refractivity contribution in [2.45, 2.75) is 46.6 Å². The largest absolute Gasteiger partial charge is 0.312 e. The summed E-state index contributed by atoms with van der Waals surface area (Å²) in [5, 5.41) is 7.63. The van der Waals surface area contributed by atoms with Crippen LogP contribution in [0.5, 0.6) is 0 Å². The van der Waals surface area contributed by atoms with Crippen molar-refractivity contribution >= 4 is 0 Å². The van der Waals surface area contributed by atoms with Gasteiger partial charge in [0.1, 0.15) is 12.2 Å². The number of aromatic nitrogens is 3. The molecular weight excluding hydrogens is 200 g/mol. The van der Waals surface area contributed by atoms with E-state index in [0.29, 0.717) is 0 Å². The van der Waals surface area contributed by atoms with E-state index in [4.69, 9.17) is 0 Å². The lowest BCUT2D eigenvalue weighted by Crippen LogP contribution is -2.42. The standard InChI is InChI=1S/C12H24N4/c1-11(2,3)14-8-12(4,5)7-10-13-9-15-16(10)6/h9,14H,7-8H2,1-6H3. The Kier molecular flexibility index (Phi) is 3.73. The van der Waals surface area contributed by atoms with Crippen LogP contribution in [0.2, 0.25) is 0 Å². The Morgan fingerprint density at radius 1 is 1.25 bits per heavy atom. The molecule has 0 radical (unpaired) electrons. The molecule has 1 rings (SSSR count). The smallest absolute Gasteiger partial charge is 0.138 e. The molecule has 0 aromatic carbocycles. The maximum Gasteiger partial charge on any atom is 0.138 e. The first-order valence-electron chi connectivity index (χ1n) is 5.78. The predicted molar refractivity (Wildman–Crippen MR) is 66.2 cm³/mol. The van der Waals surface area contributed by atoms with Gasteiger partial charge in [0.25, 0.3) is 0 Å². The second kappa shape index (κ2) is 4.53. The molecule has 0 amide bonds. The number of hydrogen-bond donors (Lipinski definition) is 1. The van der Waals surface area contributed by atoms with Gasteiger partial charge in [0.05, 0.1) is 0 Å². The van der Waals surface area contributed by atoms with Crippen molar-refractivity contribution < 1.29 is 0 Å². The van der Waals surface area contributed by atoms with E-state index >= 15 is 0 Å². The molecule has 0 aliphatic carbocycles. The summed E-state index contributed by atoms with van der Waals surface area (Å²) in [6, 6.07) is 0. The topological polar surface area (TPSA) is 42.7 Å². The third-order valence-corrected chi connectivity index (χ3v) is 2.54. The Morgan fingerprint density at radius 3 is 2.31 bits per heavy atom. The third-order valence-electron chi connectivity index (χ3n) is 2.54. The molecular formula is C12H24N4. The number of aryl methyl sites for hydroxylation is 1. The Balaban J connectivity index is 2.55. The molecule has 0 aliphatic rings. The van der Waals surface area contributed by atoms with Crippen LogP contribution in [0.3, 0.4) is 0 Å². The molecule has 92 valence electrons. The van der Waals surface area contributed by atoms with Crippen LogP contribution < -0.4 is 5.32 Å². The van der Waals surface area contributed by atoms with Crippen LogP contribution in [0.1, 0.15) is 40.4 Å². The lowest BCUT2D eigenvalue weighted by atomic mass is 9.88. The van der Waals surface area contributed by atoms with Crippen LogP contribution in [-0.2, 0) is 13.5 Å². The van der Waals surface area contributed by atoms with Crippen molar-refractivity contribution in [3.63, 3.8) is 0 Å². The second-order valence-corrected chi connectivity index (χ2v) is 6.24. The molecule has 0 spiro atoms. The predicted octanol–water partition coefficient (Wildman–Crippen LogP) is 1.77. The van der Waals surface area contributed by atoms with Crippen molar-refractivity contribution in [2.24, 2.45) is 12.5 Å². The van der Waals surface area contributed by atoms with Gasteiger partial charge in [-0.05, 0) is 26.2 Å². The maximum absolute atomic E-state index is 4.27. The van der Waals surface area contributed by atoms with E-state index in [1.165, 1.54) is 0 Å². The maximum atomic E-state index is 4.27. The molecule has 4 heteroatoms. The molecule has 1 aromatic heterocycles. The molecule has 1 aromatic rings.